The topological polar surface area (TPSA) is 79.4 Å². The highest BCUT2D eigenvalue weighted by molar-refractivity contribution is 7.15. The van der Waals surface area contributed by atoms with Crippen molar-refractivity contribution in [1.82, 2.24) is 9.38 Å². The van der Waals surface area contributed by atoms with E-state index in [2.05, 4.69) is 10.3 Å². The van der Waals surface area contributed by atoms with Crippen molar-refractivity contribution in [3.8, 4) is 23.1 Å². The predicted molar refractivity (Wildman–Crippen MR) is 108 cm³/mol. The monoisotopic (exact) mass is 388 g/mol. The third-order valence-corrected chi connectivity index (χ3v) is 4.98. The van der Waals surface area contributed by atoms with Crippen molar-refractivity contribution in [2.75, 3.05) is 5.32 Å². The fourth-order valence-electron chi connectivity index (χ4n) is 2.70. The molecule has 0 aliphatic rings. The van der Waals surface area contributed by atoms with Crippen LogP contribution in [0.3, 0.4) is 0 Å². The molecular formula is C21H16N4O2S. The first-order valence-electron chi connectivity index (χ1n) is 8.63. The maximum Gasteiger partial charge on any atom is 0.265 e. The number of nitrogens with zero attached hydrogens (tertiary/aromatic N) is 3. The van der Waals surface area contributed by atoms with Gasteiger partial charge in [0.2, 0.25) is 0 Å². The lowest BCUT2D eigenvalue weighted by atomic mass is 10.1. The first-order valence-corrected chi connectivity index (χ1v) is 9.51. The maximum atomic E-state index is 12.4. The summed E-state index contributed by atoms with van der Waals surface area (Å²) in [7, 11) is 0. The van der Waals surface area contributed by atoms with Gasteiger partial charge in [-0.3, -0.25) is 9.20 Å². The number of benzene rings is 2. The van der Waals surface area contributed by atoms with E-state index in [1.54, 1.807) is 42.5 Å². The van der Waals surface area contributed by atoms with E-state index in [0.717, 1.165) is 16.2 Å². The van der Waals surface area contributed by atoms with E-state index in [9.17, 15) is 4.79 Å². The fraction of sp³-hybridized carbons (Fsp3) is 0.0952. The first-order chi connectivity index (χ1) is 13.6. The fourth-order valence-corrected chi connectivity index (χ4v) is 3.40. The summed E-state index contributed by atoms with van der Waals surface area (Å²) in [6.45, 7) is 1.68. The van der Waals surface area contributed by atoms with Crippen LogP contribution >= 0.6 is 11.3 Å². The van der Waals surface area contributed by atoms with Crippen LogP contribution < -0.4 is 10.1 Å². The third-order valence-electron chi connectivity index (χ3n) is 4.21. The molecule has 0 fully saturated rings. The van der Waals surface area contributed by atoms with Crippen molar-refractivity contribution in [3.05, 3.63) is 71.9 Å². The van der Waals surface area contributed by atoms with Gasteiger partial charge < -0.3 is 10.1 Å². The van der Waals surface area contributed by atoms with Crippen LogP contribution in [0.2, 0.25) is 0 Å². The second-order valence-electron chi connectivity index (χ2n) is 6.18. The van der Waals surface area contributed by atoms with E-state index in [4.69, 9.17) is 10.00 Å². The summed E-state index contributed by atoms with van der Waals surface area (Å²) in [5, 5.41) is 13.7. The zero-order valence-corrected chi connectivity index (χ0v) is 15.8. The van der Waals surface area contributed by atoms with E-state index in [1.165, 1.54) is 0 Å². The van der Waals surface area contributed by atoms with Crippen molar-refractivity contribution in [1.29, 1.82) is 5.26 Å². The van der Waals surface area contributed by atoms with Crippen molar-refractivity contribution in [3.63, 3.8) is 0 Å². The minimum absolute atomic E-state index is 0.250. The first kappa shape index (κ1) is 17.8. The minimum atomic E-state index is -0.674. The molecule has 0 aliphatic heterocycles. The van der Waals surface area contributed by atoms with Gasteiger partial charge in [0.25, 0.3) is 5.91 Å². The number of imidazole rings is 1. The van der Waals surface area contributed by atoms with Crippen LogP contribution in [-0.4, -0.2) is 21.4 Å². The van der Waals surface area contributed by atoms with Gasteiger partial charge in [-0.2, -0.15) is 5.26 Å². The van der Waals surface area contributed by atoms with Crippen LogP contribution in [0.5, 0.6) is 5.75 Å². The molecule has 4 rings (SSSR count). The van der Waals surface area contributed by atoms with Gasteiger partial charge in [-0.1, -0.05) is 12.1 Å². The third kappa shape index (κ3) is 3.72. The van der Waals surface area contributed by atoms with Gasteiger partial charge in [-0.05, 0) is 43.3 Å². The lowest BCUT2D eigenvalue weighted by molar-refractivity contribution is -0.122. The molecule has 2 aromatic heterocycles. The number of carbonyl (C=O) groups is 1. The maximum absolute atomic E-state index is 12.4. The summed E-state index contributed by atoms with van der Waals surface area (Å²) in [6, 6.07) is 16.2. The molecule has 0 unspecified atom stereocenters. The molecule has 4 aromatic rings. The average Bonchev–Trinajstić information content (AvgIpc) is 3.31. The molecule has 1 amide bonds. The Morgan fingerprint density at radius 2 is 1.96 bits per heavy atom. The van der Waals surface area contributed by atoms with Crippen LogP contribution in [0, 0.1) is 11.3 Å². The molecule has 0 spiro atoms. The lowest BCUT2D eigenvalue weighted by Crippen LogP contribution is -2.30. The second-order valence-corrected chi connectivity index (χ2v) is 7.05. The minimum Gasteiger partial charge on any atom is -0.481 e. The Morgan fingerprint density at radius 1 is 1.21 bits per heavy atom. The molecule has 0 saturated carbocycles. The Labute approximate surface area is 165 Å². The molecule has 0 aliphatic carbocycles. The summed E-state index contributed by atoms with van der Waals surface area (Å²) < 4.78 is 7.62. The number of amides is 1. The van der Waals surface area contributed by atoms with E-state index in [0.29, 0.717) is 17.0 Å². The quantitative estimate of drug-likeness (QED) is 0.551. The van der Waals surface area contributed by atoms with E-state index < -0.39 is 6.10 Å². The number of nitrogens with one attached hydrogen (secondary N) is 1. The summed E-state index contributed by atoms with van der Waals surface area (Å²) in [4.78, 5) is 17.9. The number of hydrogen-bond donors (Lipinski definition) is 1. The Morgan fingerprint density at radius 3 is 2.64 bits per heavy atom. The normalized spacial score (nSPS) is 11.7. The van der Waals surface area contributed by atoms with Crippen molar-refractivity contribution < 1.29 is 9.53 Å². The molecule has 138 valence electrons. The number of carbonyl (C=O) groups excluding carboxylic acids is 1. The number of anilines is 1. The molecule has 6 nitrogen and oxygen atoms in total. The van der Waals surface area contributed by atoms with E-state index >= 15 is 0 Å². The highest BCUT2D eigenvalue weighted by atomic mass is 32.1. The number of aromatic nitrogens is 2. The van der Waals surface area contributed by atoms with Gasteiger partial charge >= 0.3 is 0 Å². The number of nitriles is 1. The molecule has 2 aromatic carbocycles. The van der Waals surface area contributed by atoms with Crippen LogP contribution in [-0.2, 0) is 4.79 Å². The van der Waals surface area contributed by atoms with Gasteiger partial charge in [-0.15, -0.1) is 11.3 Å². The Kier molecular flexibility index (Phi) is 4.79. The highest BCUT2D eigenvalue weighted by Crippen LogP contribution is 2.23. The van der Waals surface area contributed by atoms with E-state index in [1.807, 2.05) is 52.5 Å². The van der Waals surface area contributed by atoms with Crippen molar-refractivity contribution in [2.24, 2.45) is 0 Å². The Bertz CT molecular complexity index is 1130. The SMILES string of the molecule is C[C@H](Oc1ccc(C#N)cc1)C(=O)Nc1ccc(-c2cn3ccsc3n2)cc1. The number of ether oxygens (including phenoxy) is 1. The van der Waals surface area contributed by atoms with Crippen molar-refractivity contribution >= 4 is 27.9 Å². The van der Waals surface area contributed by atoms with Crippen molar-refractivity contribution in [2.45, 2.75) is 13.0 Å². The van der Waals surface area contributed by atoms with Crippen LogP contribution in [0.1, 0.15) is 12.5 Å². The molecule has 28 heavy (non-hydrogen) atoms. The van der Waals surface area contributed by atoms with Gasteiger partial charge in [0.05, 0.1) is 17.3 Å². The number of rotatable bonds is 5. The predicted octanol–water partition coefficient (Wildman–Crippen LogP) is 4.34. The average molecular weight is 388 g/mol. The van der Waals surface area contributed by atoms with Gasteiger partial charge in [0, 0.05) is 29.0 Å². The summed E-state index contributed by atoms with van der Waals surface area (Å²) in [5.41, 5.74) is 3.10. The molecule has 0 radical (unpaired) electrons. The molecule has 0 bridgehead atoms. The van der Waals surface area contributed by atoms with Gasteiger partial charge in [0.15, 0.2) is 11.1 Å². The molecule has 2 heterocycles. The van der Waals surface area contributed by atoms with Crippen LogP contribution in [0.25, 0.3) is 16.2 Å². The number of thiazole rings is 1. The highest BCUT2D eigenvalue weighted by Gasteiger charge is 2.15. The Balaban J connectivity index is 1.39. The zero-order chi connectivity index (χ0) is 19.5. The summed E-state index contributed by atoms with van der Waals surface area (Å²) in [5.74, 6) is 0.288. The smallest absolute Gasteiger partial charge is 0.265 e. The zero-order valence-electron chi connectivity index (χ0n) is 15.0. The lowest BCUT2D eigenvalue weighted by Gasteiger charge is -2.15. The Hall–Kier alpha value is -3.63. The summed E-state index contributed by atoms with van der Waals surface area (Å²) >= 11 is 1.59. The summed E-state index contributed by atoms with van der Waals surface area (Å²) in [6.07, 6.45) is 3.28. The van der Waals surface area contributed by atoms with E-state index in [-0.39, 0.29) is 5.91 Å². The van der Waals surface area contributed by atoms with Gasteiger partial charge in [0.1, 0.15) is 5.75 Å². The standard InChI is InChI=1S/C21H16N4O2S/c1-14(27-18-8-2-15(12-22)3-9-18)20(26)23-17-6-4-16(5-7-17)19-13-25-10-11-28-21(25)24-19/h2-11,13-14H,1H3,(H,23,26)/t14-/m0/s1. The van der Waals surface area contributed by atoms with Crippen LogP contribution in [0.4, 0.5) is 5.69 Å². The molecule has 1 atom stereocenters. The molecule has 0 saturated heterocycles. The number of fused-ring (bicyclic) bond motifs is 1. The largest absolute Gasteiger partial charge is 0.481 e. The molecule has 1 N–H and O–H groups in total. The van der Waals surface area contributed by atoms with Crippen LogP contribution in [0.15, 0.2) is 66.3 Å². The van der Waals surface area contributed by atoms with Gasteiger partial charge in [-0.25, -0.2) is 4.98 Å². The molecular weight excluding hydrogens is 372 g/mol. The number of hydrogen-bond acceptors (Lipinski definition) is 5. The molecule has 7 heteroatoms. The second kappa shape index (κ2) is 7.55.